The van der Waals surface area contributed by atoms with Crippen molar-refractivity contribution in [3.8, 4) is 0 Å². The van der Waals surface area contributed by atoms with Crippen molar-refractivity contribution in [2.45, 2.75) is 19.9 Å². The third kappa shape index (κ3) is 2.77. The van der Waals surface area contributed by atoms with Gasteiger partial charge in [-0.15, -0.1) is 0 Å². The fraction of sp³-hybridized carbons (Fsp3) is 0.667. The van der Waals surface area contributed by atoms with Crippen molar-refractivity contribution < 1.29 is 4.79 Å². The van der Waals surface area contributed by atoms with Crippen LogP contribution in [-0.4, -0.2) is 17.4 Å². The van der Waals surface area contributed by atoms with E-state index in [0.717, 1.165) is 0 Å². The molecule has 0 saturated carbocycles. The normalized spacial score (nSPS) is 12.7. The molecular formula is C6H12N2OS. The predicted molar refractivity (Wildman–Crippen MR) is 44.6 cm³/mol. The average molecular weight is 160 g/mol. The Balaban J connectivity index is 3.97. The fourth-order valence-electron chi connectivity index (χ4n) is 0.676. The first-order valence-electron chi connectivity index (χ1n) is 3.08. The first-order chi connectivity index (χ1) is 4.59. The van der Waals surface area contributed by atoms with E-state index in [1.54, 1.807) is 0 Å². The molecule has 0 aromatic heterocycles. The second-order valence-corrected chi connectivity index (χ2v) is 2.88. The van der Waals surface area contributed by atoms with Gasteiger partial charge in [0.25, 0.3) is 0 Å². The molecule has 58 valence electrons. The number of nitrogens with one attached hydrogen (secondary N) is 1. The van der Waals surface area contributed by atoms with Crippen molar-refractivity contribution >= 4 is 23.6 Å². The molecular weight excluding hydrogens is 148 g/mol. The molecule has 0 spiro atoms. The molecule has 1 unspecified atom stereocenters. The Bertz CT molecular complexity index is 136. The van der Waals surface area contributed by atoms with Crippen LogP contribution in [0.15, 0.2) is 0 Å². The molecule has 0 saturated heterocycles. The summed E-state index contributed by atoms with van der Waals surface area (Å²) >= 11 is 4.72. The molecule has 0 aromatic carbocycles. The van der Waals surface area contributed by atoms with E-state index in [-0.39, 0.29) is 12.0 Å². The molecule has 0 bridgehead atoms. The predicted octanol–water partition coefficient (Wildman–Crippen LogP) is 0.0431. The van der Waals surface area contributed by atoms with Crippen molar-refractivity contribution in [1.82, 2.24) is 5.32 Å². The molecule has 1 atom stereocenters. The highest BCUT2D eigenvalue weighted by molar-refractivity contribution is 7.80. The lowest BCUT2D eigenvalue weighted by molar-refractivity contribution is -0.110. The van der Waals surface area contributed by atoms with E-state index in [2.05, 4.69) is 5.32 Å². The van der Waals surface area contributed by atoms with Gasteiger partial charge >= 0.3 is 0 Å². The molecule has 0 radical (unpaired) electrons. The molecule has 10 heavy (non-hydrogen) atoms. The number of hydrogen-bond donors (Lipinski definition) is 2. The van der Waals surface area contributed by atoms with Gasteiger partial charge in [0, 0.05) is 0 Å². The van der Waals surface area contributed by atoms with E-state index in [1.165, 1.54) is 0 Å². The standard InChI is InChI=1S/C6H12N2OS/c1-4(2)5(6(7)10)8-3-9/h3-5H,1-2H3,(H2,7,10)(H,8,9). The zero-order valence-electron chi connectivity index (χ0n) is 6.13. The van der Waals surface area contributed by atoms with Gasteiger partial charge in [-0.25, -0.2) is 0 Å². The van der Waals surface area contributed by atoms with Crippen LogP contribution < -0.4 is 11.1 Å². The Kier molecular flexibility index (Phi) is 3.95. The average Bonchev–Trinajstić information content (AvgIpc) is 1.81. The van der Waals surface area contributed by atoms with Crippen molar-refractivity contribution in [3.63, 3.8) is 0 Å². The number of nitrogens with two attached hydrogens (primary N) is 1. The van der Waals surface area contributed by atoms with Crippen molar-refractivity contribution in [2.24, 2.45) is 11.7 Å². The van der Waals surface area contributed by atoms with Crippen LogP contribution in [0.2, 0.25) is 0 Å². The van der Waals surface area contributed by atoms with Gasteiger partial charge in [0.1, 0.15) is 0 Å². The zero-order valence-corrected chi connectivity index (χ0v) is 6.94. The maximum absolute atomic E-state index is 10.00. The van der Waals surface area contributed by atoms with Crippen LogP contribution in [-0.2, 0) is 4.79 Å². The SMILES string of the molecule is CC(C)C(NC=O)C(N)=S. The van der Waals surface area contributed by atoms with E-state index in [4.69, 9.17) is 18.0 Å². The van der Waals surface area contributed by atoms with Gasteiger partial charge in [-0.1, -0.05) is 26.1 Å². The van der Waals surface area contributed by atoms with Gasteiger partial charge in [0.15, 0.2) is 0 Å². The lowest BCUT2D eigenvalue weighted by Gasteiger charge is -2.17. The third-order valence-electron chi connectivity index (χ3n) is 1.22. The summed E-state index contributed by atoms with van der Waals surface area (Å²) in [6, 6.07) is -0.174. The number of rotatable bonds is 4. The highest BCUT2D eigenvalue weighted by Crippen LogP contribution is 1.99. The van der Waals surface area contributed by atoms with Crippen LogP contribution in [0, 0.1) is 5.92 Å². The summed E-state index contributed by atoms with van der Waals surface area (Å²) < 4.78 is 0. The second kappa shape index (κ2) is 4.22. The first-order valence-corrected chi connectivity index (χ1v) is 3.49. The minimum absolute atomic E-state index is 0.174. The van der Waals surface area contributed by atoms with E-state index in [0.29, 0.717) is 11.4 Å². The van der Waals surface area contributed by atoms with Gasteiger partial charge in [0.05, 0.1) is 11.0 Å². The molecule has 0 rings (SSSR count). The Hall–Kier alpha value is -0.640. The molecule has 0 aliphatic heterocycles. The van der Waals surface area contributed by atoms with Crippen molar-refractivity contribution in [2.75, 3.05) is 0 Å². The largest absolute Gasteiger partial charge is 0.392 e. The van der Waals surface area contributed by atoms with Crippen molar-refractivity contribution in [3.05, 3.63) is 0 Å². The Morgan fingerprint density at radius 1 is 1.70 bits per heavy atom. The number of carbonyl (C=O) groups excluding carboxylic acids is 1. The van der Waals surface area contributed by atoms with Gasteiger partial charge < -0.3 is 11.1 Å². The summed E-state index contributed by atoms with van der Waals surface area (Å²) in [7, 11) is 0. The topological polar surface area (TPSA) is 55.1 Å². The molecule has 0 heterocycles. The highest BCUT2D eigenvalue weighted by atomic mass is 32.1. The number of thiocarbonyl (C=S) groups is 1. The summed E-state index contributed by atoms with van der Waals surface area (Å²) in [4.78, 5) is 10.3. The molecule has 0 aliphatic carbocycles. The minimum atomic E-state index is -0.174. The molecule has 0 fully saturated rings. The lowest BCUT2D eigenvalue weighted by Crippen LogP contribution is -2.43. The number of hydrogen-bond acceptors (Lipinski definition) is 2. The minimum Gasteiger partial charge on any atom is -0.392 e. The lowest BCUT2D eigenvalue weighted by atomic mass is 10.1. The van der Waals surface area contributed by atoms with Crippen LogP contribution >= 0.6 is 12.2 Å². The van der Waals surface area contributed by atoms with Crippen LogP contribution in [0.1, 0.15) is 13.8 Å². The number of carbonyl (C=O) groups is 1. The van der Waals surface area contributed by atoms with Gasteiger partial charge in [0.2, 0.25) is 6.41 Å². The first kappa shape index (κ1) is 9.36. The fourth-order valence-corrected chi connectivity index (χ4v) is 1.02. The molecule has 0 aromatic rings. The van der Waals surface area contributed by atoms with E-state index >= 15 is 0 Å². The summed E-state index contributed by atoms with van der Waals surface area (Å²) in [6.45, 7) is 3.89. The van der Waals surface area contributed by atoms with E-state index < -0.39 is 0 Å². The molecule has 1 amide bonds. The van der Waals surface area contributed by atoms with Crippen molar-refractivity contribution in [1.29, 1.82) is 0 Å². The van der Waals surface area contributed by atoms with Gasteiger partial charge in [-0.3, -0.25) is 4.79 Å². The number of amides is 1. The van der Waals surface area contributed by atoms with Crippen LogP contribution in [0.4, 0.5) is 0 Å². The monoisotopic (exact) mass is 160 g/mol. The molecule has 4 heteroatoms. The Labute approximate surface area is 66.0 Å². The van der Waals surface area contributed by atoms with E-state index in [9.17, 15) is 4.79 Å². The van der Waals surface area contributed by atoms with E-state index in [1.807, 2.05) is 13.8 Å². The maximum Gasteiger partial charge on any atom is 0.207 e. The second-order valence-electron chi connectivity index (χ2n) is 2.41. The highest BCUT2D eigenvalue weighted by Gasteiger charge is 2.13. The Morgan fingerprint density at radius 3 is 2.30 bits per heavy atom. The zero-order chi connectivity index (χ0) is 8.15. The quantitative estimate of drug-likeness (QED) is 0.451. The summed E-state index contributed by atoms with van der Waals surface area (Å²) in [5.74, 6) is 0.252. The smallest absolute Gasteiger partial charge is 0.207 e. The van der Waals surface area contributed by atoms with Crippen LogP contribution in [0.25, 0.3) is 0 Å². The summed E-state index contributed by atoms with van der Waals surface area (Å²) in [6.07, 6.45) is 0.615. The Morgan fingerprint density at radius 2 is 2.20 bits per heavy atom. The van der Waals surface area contributed by atoms with Gasteiger partial charge in [-0.05, 0) is 5.92 Å². The van der Waals surface area contributed by atoms with Crippen LogP contribution in [0.5, 0.6) is 0 Å². The maximum atomic E-state index is 10.00. The third-order valence-corrected chi connectivity index (χ3v) is 1.47. The molecule has 0 aliphatic rings. The van der Waals surface area contributed by atoms with Crippen LogP contribution in [0.3, 0.4) is 0 Å². The molecule has 3 N–H and O–H groups in total. The summed E-state index contributed by atoms with van der Waals surface area (Å²) in [5.41, 5.74) is 5.33. The summed E-state index contributed by atoms with van der Waals surface area (Å²) in [5, 5.41) is 2.53. The van der Waals surface area contributed by atoms with Gasteiger partial charge in [-0.2, -0.15) is 0 Å². The molecule has 3 nitrogen and oxygen atoms in total.